The maximum atomic E-state index is 14.9. The van der Waals surface area contributed by atoms with Gasteiger partial charge in [-0.1, -0.05) is 55.8 Å². The van der Waals surface area contributed by atoms with Gasteiger partial charge in [0.2, 0.25) is 0 Å². The van der Waals surface area contributed by atoms with Crippen LogP contribution in [-0.2, 0) is 0 Å². The number of carbonyl (C=O) groups excluding carboxylic acids is 1. The second-order valence-electron chi connectivity index (χ2n) is 9.00. The zero-order valence-electron chi connectivity index (χ0n) is 22.1. The van der Waals surface area contributed by atoms with Crippen molar-refractivity contribution < 1.29 is 32.2 Å². The topological polar surface area (TPSA) is 44.8 Å². The van der Waals surface area contributed by atoms with Gasteiger partial charge in [0.1, 0.15) is 11.5 Å². The minimum absolute atomic E-state index is 0.0165. The molecular formula is C33H29F3O4. The normalized spacial score (nSPS) is 10.7. The molecule has 4 aromatic rings. The molecule has 0 atom stereocenters. The average molecular weight is 547 g/mol. The van der Waals surface area contributed by atoms with Gasteiger partial charge in [0.05, 0.1) is 18.8 Å². The number of unbranched alkanes of at least 4 members (excludes halogenated alkanes) is 1. The van der Waals surface area contributed by atoms with E-state index in [2.05, 4.69) is 13.5 Å². The van der Waals surface area contributed by atoms with E-state index in [1.165, 1.54) is 30.3 Å². The van der Waals surface area contributed by atoms with Gasteiger partial charge in [-0.2, -0.15) is 0 Å². The van der Waals surface area contributed by atoms with Gasteiger partial charge in [0.25, 0.3) is 0 Å². The largest absolute Gasteiger partial charge is 0.494 e. The summed E-state index contributed by atoms with van der Waals surface area (Å²) in [7, 11) is 0. The van der Waals surface area contributed by atoms with Crippen molar-refractivity contribution in [2.24, 2.45) is 0 Å². The van der Waals surface area contributed by atoms with Crippen LogP contribution in [0.15, 0.2) is 91.5 Å². The molecule has 7 heteroatoms. The Morgan fingerprint density at radius 2 is 1.45 bits per heavy atom. The van der Waals surface area contributed by atoms with E-state index in [0.717, 1.165) is 12.8 Å². The molecule has 0 aliphatic rings. The molecule has 40 heavy (non-hydrogen) atoms. The number of esters is 1. The molecule has 4 rings (SSSR count). The number of carbonyl (C=O) groups is 1. The van der Waals surface area contributed by atoms with Crippen LogP contribution >= 0.6 is 0 Å². The smallest absolute Gasteiger partial charge is 0.346 e. The van der Waals surface area contributed by atoms with Crippen molar-refractivity contribution in [2.75, 3.05) is 13.2 Å². The van der Waals surface area contributed by atoms with Crippen LogP contribution in [0.2, 0.25) is 0 Å². The number of hydrogen-bond donors (Lipinski definition) is 0. The summed E-state index contributed by atoms with van der Waals surface area (Å²) in [6.07, 6.45) is 4.21. The molecule has 0 aliphatic carbocycles. The number of rotatable bonds is 12. The fourth-order valence-corrected chi connectivity index (χ4v) is 3.92. The van der Waals surface area contributed by atoms with E-state index in [-0.39, 0.29) is 17.1 Å². The van der Waals surface area contributed by atoms with Crippen molar-refractivity contribution >= 4 is 5.97 Å². The summed E-state index contributed by atoms with van der Waals surface area (Å²) in [4.78, 5) is 12.6. The molecule has 0 spiro atoms. The Balaban J connectivity index is 1.43. The summed E-state index contributed by atoms with van der Waals surface area (Å²) in [5, 5.41) is 0. The van der Waals surface area contributed by atoms with Crippen LogP contribution in [-0.4, -0.2) is 19.2 Å². The van der Waals surface area contributed by atoms with Gasteiger partial charge in [-0.15, -0.1) is 6.58 Å². The SMILES string of the molecule is C=CCCOc1ccc(-c2ccc(OC(=O)c3ccc(-c4ccc(OCCCC)cc4)c(F)c3F)cc2)cc1F. The Morgan fingerprint density at radius 3 is 2.12 bits per heavy atom. The molecular weight excluding hydrogens is 517 g/mol. The Hall–Kier alpha value is -4.52. The molecule has 0 amide bonds. The maximum Gasteiger partial charge on any atom is 0.346 e. The minimum atomic E-state index is -1.30. The predicted octanol–water partition coefficient (Wildman–Crippen LogP) is 8.79. The van der Waals surface area contributed by atoms with Crippen LogP contribution in [0.5, 0.6) is 17.2 Å². The molecule has 0 aromatic heterocycles. The van der Waals surface area contributed by atoms with Gasteiger partial charge in [0, 0.05) is 5.56 Å². The Bertz CT molecular complexity index is 1460. The second kappa shape index (κ2) is 13.5. The first-order valence-electron chi connectivity index (χ1n) is 13.0. The van der Waals surface area contributed by atoms with E-state index in [1.54, 1.807) is 54.6 Å². The Labute approximate surface area is 231 Å². The van der Waals surface area contributed by atoms with Gasteiger partial charge in [-0.3, -0.25) is 0 Å². The Morgan fingerprint density at radius 1 is 0.775 bits per heavy atom. The van der Waals surface area contributed by atoms with Crippen molar-refractivity contribution in [1.82, 2.24) is 0 Å². The maximum absolute atomic E-state index is 14.9. The monoisotopic (exact) mass is 546 g/mol. The van der Waals surface area contributed by atoms with Crippen LogP contribution in [0.4, 0.5) is 13.2 Å². The predicted molar refractivity (Wildman–Crippen MR) is 149 cm³/mol. The number of halogens is 3. The molecule has 0 heterocycles. The summed E-state index contributed by atoms with van der Waals surface area (Å²) in [5.74, 6) is -3.08. The summed E-state index contributed by atoms with van der Waals surface area (Å²) in [6.45, 7) is 6.57. The van der Waals surface area contributed by atoms with E-state index < -0.39 is 29.0 Å². The quantitative estimate of drug-likeness (QED) is 0.0771. The van der Waals surface area contributed by atoms with Gasteiger partial charge in [-0.05, 0) is 72.0 Å². The van der Waals surface area contributed by atoms with Gasteiger partial charge >= 0.3 is 5.97 Å². The molecule has 4 aromatic carbocycles. The zero-order valence-corrected chi connectivity index (χ0v) is 22.1. The highest BCUT2D eigenvalue weighted by atomic mass is 19.2. The highest BCUT2D eigenvalue weighted by Gasteiger charge is 2.21. The first kappa shape index (κ1) is 28.5. The summed E-state index contributed by atoms with van der Waals surface area (Å²) in [5.41, 5.74) is 1.19. The molecule has 206 valence electrons. The van der Waals surface area contributed by atoms with Crippen LogP contribution in [0.1, 0.15) is 36.5 Å². The molecule has 0 unspecified atom stereocenters. The van der Waals surface area contributed by atoms with E-state index in [0.29, 0.717) is 42.1 Å². The second-order valence-corrected chi connectivity index (χ2v) is 9.00. The molecule has 4 nitrogen and oxygen atoms in total. The van der Waals surface area contributed by atoms with Gasteiger partial charge in [0.15, 0.2) is 23.2 Å². The lowest BCUT2D eigenvalue weighted by atomic mass is 10.0. The Kier molecular flexibility index (Phi) is 9.62. The number of ether oxygens (including phenoxy) is 3. The lowest BCUT2D eigenvalue weighted by Crippen LogP contribution is -2.12. The van der Waals surface area contributed by atoms with E-state index in [1.807, 2.05) is 0 Å². The van der Waals surface area contributed by atoms with E-state index in [9.17, 15) is 18.0 Å². The fraction of sp³-hybridized carbons (Fsp3) is 0.182. The number of benzene rings is 4. The summed E-state index contributed by atoms with van der Waals surface area (Å²) >= 11 is 0. The van der Waals surface area contributed by atoms with Crippen LogP contribution < -0.4 is 14.2 Å². The molecule has 0 fully saturated rings. The van der Waals surface area contributed by atoms with Gasteiger partial charge in [-0.25, -0.2) is 18.0 Å². The standard InChI is InChI=1S/C33H29F3O4/c1-3-5-19-38-25-12-9-23(10-13-25)27-16-17-28(32(36)31(27)35)33(37)40-26-14-7-22(8-15-26)24-11-18-30(29(34)21-24)39-20-6-4-2/h4,7-18,21H,2-3,5-6,19-20H2,1H3. The number of hydrogen-bond acceptors (Lipinski definition) is 4. The molecule has 0 saturated heterocycles. The summed E-state index contributed by atoms with van der Waals surface area (Å²) < 4.78 is 60.5. The molecule has 0 N–H and O–H groups in total. The van der Waals surface area contributed by atoms with Crippen LogP contribution in [0.25, 0.3) is 22.3 Å². The van der Waals surface area contributed by atoms with Crippen molar-refractivity contribution in [2.45, 2.75) is 26.2 Å². The zero-order chi connectivity index (χ0) is 28.5. The molecule has 0 bridgehead atoms. The summed E-state index contributed by atoms with van der Waals surface area (Å²) in [6, 6.07) is 20.0. The fourth-order valence-electron chi connectivity index (χ4n) is 3.92. The lowest BCUT2D eigenvalue weighted by Gasteiger charge is -2.11. The van der Waals surface area contributed by atoms with Gasteiger partial charge < -0.3 is 14.2 Å². The minimum Gasteiger partial charge on any atom is -0.494 e. The average Bonchev–Trinajstić information content (AvgIpc) is 2.96. The van der Waals surface area contributed by atoms with Crippen molar-refractivity contribution in [1.29, 1.82) is 0 Å². The third-order valence-electron chi connectivity index (χ3n) is 6.14. The first-order valence-corrected chi connectivity index (χ1v) is 13.0. The highest BCUT2D eigenvalue weighted by molar-refractivity contribution is 5.92. The van der Waals surface area contributed by atoms with Crippen LogP contribution in [0, 0.1) is 17.5 Å². The highest BCUT2D eigenvalue weighted by Crippen LogP contribution is 2.30. The first-order chi connectivity index (χ1) is 19.4. The van der Waals surface area contributed by atoms with Crippen LogP contribution in [0.3, 0.4) is 0 Å². The third kappa shape index (κ3) is 6.91. The molecule has 0 saturated carbocycles. The van der Waals surface area contributed by atoms with Crippen molar-refractivity contribution in [3.8, 4) is 39.5 Å². The van der Waals surface area contributed by atoms with Crippen molar-refractivity contribution in [3.63, 3.8) is 0 Å². The van der Waals surface area contributed by atoms with E-state index >= 15 is 0 Å². The van der Waals surface area contributed by atoms with Crippen molar-refractivity contribution in [3.05, 3.63) is 115 Å². The molecule has 0 aliphatic heterocycles. The molecule has 0 radical (unpaired) electrons. The lowest BCUT2D eigenvalue weighted by molar-refractivity contribution is 0.0728. The third-order valence-corrected chi connectivity index (χ3v) is 6.14. The van der Waals surface area contributed by atoms with E-state index in [4.69, 9.17) is 14.2 Å².